The molecule has 0 radical (unpaired) electrons. The zero-order valence-corrected chi connectivity index (χ0v) is 16.2. The predicted molar refractivity (Wildman–Crippen MR) is 111 cm³/mol. The summed E-state index contributed by atoms with van der Waals surface area (Å²) in [6.45, 7) is 2.16. The summed E-state index contributed by atoms with van der Waals surface area (Å²) >= 11 is 0. The monoisotopic (exact) mass is 387 g/mol. The second-order valence-electron chi connectivity index (χ2n) is 6.76. The highest BCUT2D eigenvalue weighted by Gasteiger charge is 2.17. The fraction of sp³-hybridized carbons (Fsp3) is 0.136. The highest BCUT2D eigenvalue weighted by Crippen LogP contribution is 2.25. The van der Waals surface area contributed by atoms with Crippen molar-refractivity contribution in [2.24, 2.45) is 0 Å². The Hall–Kier alpha value is -3.87. The van der Waals surface area contributed by atoms with Gasteiger partial charge in [-0.15, -0.1) is 0 Å². The first kappa shape index (κ1) is 18.5. The molecule has 0 aliphatic carbocycles. The van der Waals surface area contributed by atoms with E-state index in [0.717, 1.165) is 22.5 Å². The number of para-hydroxylation sites is 1. The normalized spacial score (nSPS) is 10.7. The number of nitrogens with one attached hydrogen (secondary N) is 1. The van der Waals surface area contributed by atoms with Gasteiger partial charge in [-0.05, 0) is 19.1 Å². The molecule has 0 saturated carbocycles. The summed E-state index contributed by atoms with van der Waals surface area (Å²) in [5, 5.41) is 11.3. The molecule has 0 atom stereocenters. The topological polar surface area (TPSA) is 76.2 Å². The lowest BCUT2D eigenvalue weighted by Crippen LogP contribution is -2.31. The maximum atomic E-state index is 12.6. The van der Waals surface area contributed by atoms with Crippen LogP contribution in [0.4, 0.5) is 10.6 Å². The van der Waals surface area contributed by atoms with Crippen LogP contribution in [-0.4, -0.2) is 32.9 Å². The number of anilines is 1. The molecular formula is C22H21N5O2. The van der Waals surface area contributed by atoms with Gasteiger partial charge in [-0.25, -0.2) is 9.48 Å². The third kappa shape index (κ3) is 4.19. The Morgan fingerprint density at radius 3 is 2.45 bits per heavy atom. The van der Waals surface area contributed by atoms with E-state index in [1.54, 1.807) is 24.9 Å². The van der Waals surface area contributed by atoms with Crippen molar-refractivity contribution in [3.8, 4) is 16.9 Å². The molecule has 0 aliphatic rings. The largest absolute Gasteiger partial charge is 0.360 e. The molecule has 2 aromatic carbocycles. The average molecular weight is 387 g/mol. The van der Waals surface area contributed by atoms with Gasteiger partial charge < -0.3 is 9.42 Å². The number of carbonyl (C=O) groups excluding carboxylic acids is 1. The van der Waals surface area contributed by atoms with Crippen LogP contribution >= 0.6 is 0 Å². The van der Waals surface area contributed by atoms with Crippen LogP contribution in [0.25, 0.3) is 16.9 Å². The Kier molecular flexibility index (Phi) is 5.11. The lowest BCUT2D eigenvalue weighted by Gasteiger charge is -2.16. The zero-order chi connectivity index (χ0) is 20.2. The molecule has 0 saturated heterocycles. The standard InChI is InChI=1S/C22H21N5O2/c1-16-13-20(25-29-16)23-22(28)26(2)14-18-15-27(19-11-7-4-8-12-19)24-21(18)17-9-5-3-6-10-17/h3-13,15H,14H2,1-2H3,(H,23,25,28). The van der Waals surface area contributed by atoms with E-state index in [2.05, 4.69) is 10.5 Å². The minimum absolute atomic E-state index is 0.273. The summed E-state index contributed by atoms with van der Waals surface area (Å²) in [7, 11) is 1.73. The lowest BCUT2D eigenvalue weighted by atomic mass is 10.1. The summed E-state index contributed by atoms with van der Waals surface area (Å²) < 4.78 is 6.83. The number of rotatable bonds is 5. The Labute approximate surface area is 168 Å². The van der Waals surface area contributed by atoms with Gasteiger partial charge in [0.1, 0.15) is 5.76 Å². The van der Waals surface area contributed by atoms with Crippen LogP contribution in [-0.2, 0) is 6.54 Å². The van der Waals surface area contributed by atoms with Crippen molar-refractivity contribution >= 4 is 11.8 Å². The number of benzene rings is 2. The number of nitrogens with zero attached hydrogens (tertiary/aromatic N) is 4. The van der Waals surface area contributed by atoms with E-state index in [0.29, 0.717) is 18.1 Å². The number of amides is 2. The van der Waals surface area contributed by atoms with Crippen molar-refractivity contribution < 1.29 is 9.32 Å². The first-order valence-corrected chi connectivity index (χ1v) is 9.25. The Bertz CT molecular complexity index is 1100. The number of aryl methyl sites for hydroxylation is 1. The van der Waals surface area contributed by atoms with Crippen LogP contribution in [0.3, 0.4) is 0 Å². The fourth-order valence-corrected chi connectivity index (χ4v) is 3.04. The number of aromatic nitrogens is 3. The highest BCUT2D eigenvalue weighted by molar-refractivity contribution is 5.88. The number of carbonyl (C=O) groups is 1. The van der Waals surface area contributed by atoms with Crippen LogP contribution in [0.1, 0.15) is 11.3 Å². The third-order valence-electron chi connectivity index (χ3n) is 4.48. The highest BCUT2D eigenvalue weighted by atomic mass is 16.5. The number of hydrogen-bond donors (Lipinski definition) is 1. The smallest absolute Gasteiger partial charge is 0.323 e. The molecule has 0 fully saturated rings. The first-order chi connectivity index (χ1) is 14.1. The van der Waals surface area contributed by atoms with Gasteiger partial charge in [-0.3, -0.25) is 5.32 Å². The minimum atomic E-state index is -0.273. The molecule has 4 rings (SSSR count). The van der Waals surface area contributed by atoms with Crippen LogP contribution in [0.15, 0.2) is 77.4 Å². The van der Waals surface area contributed by atoms with Gasteiger partial charge in [-0.2, -0.15) is 5.10 Å². The van der Waals surface area contributed by atoms with E-state index >= 15 is 0 Å². The van der Waals surface area contributed by atoms with Crippen LogP contribution < -0.4 is 5.32 Å². The van der Waals surface area contributed by atoms with Gasteiger partial charge in [0.2, 0.25) is 0 Å². The Morgan fingerprint density at radius 2 is 1.79 bits per heavy atom. The third-order valence-corrected chi connectivity index (χ3v) is 4.48. The number of hydrogen-bond acceptors (Lipinski definition) is 4. The summed E-state index contributed by atoms with van der Waals surface area (Å²) in [5.74, 6) is 1.03. The summed E-state index contributed by atoms with van der Waals surface area (Å²) in [6, 6.07) is 21.2. The van der Waals surface area contributed by atoms with E-state index in [9.17, 15) is 4.79 Å². The SMILES string of the molecule is Cc1cc(NC(=O)N(C)Cc2cn(-c3ccccc3)nc2-c2ccccc2)no1. The molecule has 0 bridgehead atoms. The summed E-state index contributed by atoms with van der Waals surface area (Å²) in [5.41, 5.74) is 3.74. The van der Waals surface area contributed by atoms with Gasteiger partial charge in [0, 0.05) is 30.4 Å². The van der Waals surface area contributed by atoms with Crippen molar-refractivity contribution in [1.29, 1.82) is 0 Å². The maximum Gasteiger partial charge on any atom is 0.323 e. The molecule has 7 heteroatoms. The molecule has 0 aliphatic heterocycles. The van der Waals surface area contributed by atoms with Gasteiger partial charge in [-0.1, -0.05) is 53.7 Å². The average Bonchev–Trinajstić information content (AvgIpc) is 3.35. The summed E-state index contributed by atoms with van der Waals surface area (Å²) in [4.78, 5) is 14.1. The molecule has 0 spiro atoms. The van der Waals surface area contributed by atoms with E-state index in [4.69, 9.17) is 9.62 Å². The van der Waals surface area contributed by atoms with E-state index in [1.807, 2.05) is 71.5 Å². The second kappa shape index (κ2) is 8.02. The van der Waals surface area contributed by atoms with Crippen LogP contribution in [0, 0.1) is 6.92 Å². The molecule has 2 aromatic heterocycles. The van der Waals surface area contributed by atoms with Crippen LogP contribution in [0.2, 0.25) is 0 Å². The first-order valence-electron chi connectivity index (χ1n) is 9.25. The Balaban J connectivity index is 1.61. The summed E-state index contributed by atoms with van der Waals surface area (Å²) in [6.07, 6.45) is 1.96. The quantitative estimate of drug-likeness (QED) is 0.547. The molecule has 2 amide bonds. The van der Waals surface area contributed by atoms with Gasteiger partial charge in [0.15, 0.2) is 5.82 Å². The lowest BCUT2D eigenvalue weighted by molar-refractivity contribution is 0.220. The van der Waals surface area contributed by atoms with Gasteiger partial charge in [0.25, 0.3) is 0 Å². The van der Waals surface area contributed by atoms with Crippen molar-refractivity contribution in [3.05, 3.63) is 84.3 Å². The van der Waals surface area contributed by atoms with E-state index < -0.39 is 0 Å². The molecule has 1 N–H and O–H groups in total. The second-order valence-corrected chi connectivity index (χ2v) is 6.76. The van der Waals surface area contributed by atoms with Crippen molar-refractivity contribution in [3.63, 3.8) is 0 Å². The molecule has 0 unspecified atom stereocenters. The minimum Gasteiger partial charge on any atom is -0.360 e. The van der Waals surface area contributed by atoms with Gasteiger partial charge >= 0.3 is 6.03 Å². The molecular weight excluding hydrogens is 366 g/mol. The zero-order valence-electron chi connectivity index (χ0n) is 16.2. The fourth-order valence-electron chi connectivity index (χ4n) is 3.04. The van der Waals surface area contributed by atoms with Crippen LogP contribution in [0.5, 0.6) is 0 Å². The maximum absolute atomic E-state index is 12.6. The number of urea groups is 1. The predicted octanol–water partition coefficient (Wildman–Crippen LogP) is 4.50. The van der Waals surface area contributed by atoms with Crippen molar-refractivity contribution in [2.45, 2.75) is 13.5 Å². The molecule has 7 nitrogen and oxygen atoms in total. The Morgan fingerprint density at radius 1 is 1.10 bits per heavy atom. The molecule has 4 aromatic rings. The van der Waals surface area contributed by atoms with Crippen molar-refractivity contribution in [1.82, 2.24) is 19.8 Å². The van der Waals surface area contributed by atoms with E-state index in [-0.39, 0.29) is 6.03 Å². The molecule has 146 valence electrons. The van der Waals surface area contributed by atoms with Crippen molar-refractivity contribution in [2.75, 3.05) is 12.4 Å². The molecule has 2 heterocycles. The van der Waals surface area contributed by atoms with Gasteiger partial charge in [0.05, 0.1) is 17.9 Å². The molecule has 29 heavy (non-hydrogen) atoms. The van der Waals surface area contributed by atoms with E-state index in [1.165, 1.54) is 0 Å².